The molecule has 4 fully saturated rings. The fourth-order valence-electron chi connectivity index (χ4n) is 9.77. The van der Waals surface area contributed by atoms with Crippen molar-refractivity contribution in [3.63, 3.8) is 0 Å². The fourth-order valence-corrected chi connectivity index (χ4v) is 12.4. The summed E-state index contributed by atoms with van der Waals surface area (Å²) in [6.45, 7) is 33.8. The van der Waals surface area contributed by atoms with Gasteiger partial charge in [0.05, 0.1) is 30.3 Å². The van der Waals surface area contributed by atoms with Gasteiger partial charge in [-0.15, -0.1) is 0 Å². The van der Waals surface area contributed by atoms with Gasteiger partial charge in [0.15, 0.2) is 22.5 Å². The maximum Gasteiger partial charge on any atom is 0.193 e. The summed E-state index contributed by atoms with van der Waals surface area (Å²) >= 11 is 0. The summed E-state index contributed by atoms with van der Waals surface area (Å²) in [5.41, 5.74) is 5.14. The number of allylic oxidation sites excluding steroid dienone is 4. The van der Waals surface area contributed by atoms with Crippen LogP contribution in [0.2, 0.25) is 36.3 Å². The highest BCUT2D eigenvalue weighted by Gasteiger charge is 2.56. The lowest BCUT2D eigenvalue weighted by molar-refractivity contribution is 0.0969. The van der Waals surface area contributed by atoms with Crippen molar-refractivity contribution in [3.8, 4) is 0 Å². The van der Waals surface area contributed by atoms with Gasteiger partial charge in [-0.1, -0.05) is 122 Å². The normalized spacial score (nSPS) is 32.8. The highest BCUT2D eigenvalue weighted by molar-refractivity contribution is 6.74. The molecule has 0 bridgehead atoms. The van der Waals surface area contributed by atoms with Gasteiger partial charge in [-0.3, -0.25) is 4.99 Å². The Morgan fingerprint density at radius 3 is 2.22 bits per heavy atom. The smallest absolute Gasteiger partial charge is 0.193 e. The molecule has 0 radical (unpaired) electrons. The zero-order chi connectivity index (χ0) is 40.2. The third-order valence-corrected chi connectivity index (χ3v) is 24.6. The standard InChI is InChI=1S/C48H75NO4Si2/c1-33(21-26-43(50)48(28-29-48)44-49-32-42(51-44)36-18-15-14-16-19-36)39-24-25-40-35(20-17-27-47(39,40)9)22-23-37-30-38(52-54(10,11)45(3,4)5)31-41(34(37)2)53-55(12,13)46(6,7)8/h14-16,18-19,21-23,26,33,38-43,50H,2,17,20,24-25,27-32H2,1,3-13H3/t33-,38-,39-,40+,41+,42?,43+,47-/m1/s1. The van der Waals surface area contributed by atoms with Crippen molar-refractivity contribution < 1.29 is 18.7 Å². The van der Waals surface area contributed by atoms with Crippen molar-refractivity contribution in [2.45, 2.75) is 174 Å². The molecule has 4 aliphatic carbocycles. The van der Waals surface area contributed by atoms with Crippen molar-refractivity contribution in [2.75, 3.05) is 6.54 Å². The topological polar surface area (TPSA) is 60.3 Å². The van der Waals surface area contributed by atoms with Crippen LogP contribution in [0.15, 0.2) is 82.9 Å². The first-order chi connectivity index (χ1) is 25.6. The summed E-state index contributed by atoms with van der Waals surface area (Å²) in [6, 6.07) is 10.3. The Labute approximate surface area is 337 Å². The van der Waals surface area contributed by atoms with E-state index in [4.69, 9.17) is 25.2 Å². The molecule has 0 aromatic heterocycles. The third kappa shape index (κ3) is 8.72. The number of ether oxygens (including phenoxy) is 1. The zero-order valence-electron chi connectivity index (χ0n) is 36.6. The van der Waals surface area contributed by atoms with E-state index in [0.29, 0.717) is 24.3 Å². The van der Waals surface area contributed by atoms with Crippen LogP contribution < -0.4 is 0 Å². The second-order valence-corrected chi connectivity index (χ2v) is 30.9. The first-order valence-electron chi connectivity index (χ1n) is 21.7. The molecule has 6 rings (SSSR count). The highest BCUT2D eigenvalue weighted by atomic mass is 28.4. The molecule has 304 valence electrons. The highest BCUT2D eigenvalue weighted by Crippen LogP contribution is 2.60. The lowest BCUT2D eigenvalue weighted by atomic mass is 9.61. The van der Waals surface area contributed by atoms with Gasteiger partial charge in [-0.05, 0) is 128 Å². The molecule has 1 heterocycles. The van der Waals surface area contributed by atoms with E-state index in [1.165, 1.54) is 37.7 Å². The largest absolute Gasteiger partial charge is 0.470 e. The molecule has 1 aliphatic heterocycles. The van der Waals surface area contributed by atoms with Crippen molar-refractivity contribution >= 4 is 22.5 Å². The van der Waals surface area contributed by atoms with Crippen LogP contribution in [0.25, 0.3) is 0 Å². The molecule has 1 N–H and O–H groups in total. The number of aliphatic hydroxyl groups is 1. The van der Waals surface area contributed by atoms with E-state index in [0.717, 1.165) is 42.7 Å². The number of hydrogen-bond donors (Lipinski definition) is 1. The number of aliphatic imine (C=N–C) groups is 1. The minimum absolute atomic E-state index is 0.00287. The number of hydrogen-bond acceptors (Lipinski definition) is 5. The maximum atomic E-state index is 11.6. The second-order valence-electron chi connectivity index (χ2n) is 21.4. The van der Waals surface area contributed by atoms with E-state index in [1.807, 2.05) is 6.07 Å². The van der Waals surface area contributed by atoms with E-state index in [2.05, 4.69) is 130 Å². The average Bonchev–Trinajstić information content (AvgIpc) is 3.60. The van der Waals surface area contributed by atoms with Crippen molar-refractivity contribution in [1.82, 2.24) is 0 Å². The van der Waals surface area contributed by atoms with Gasteiger partial charge in [-0.2, -0.15) is 0 Å². The molecular weight excluding hydrogens is 711 g/mol. The van der Waals surface area contributed by atoms with Crippen LogP contribution >= 0.6 is 0 Å². The molecule has 7 heteroatoms. The molecule has 1 aromatic rings. The van der Waals surface area contributed by atoms with Crippen LogP contribution in [0, 0.1) is 28.6 Å². The van der Waals surface area contributed by atoms with E-state index in [-0.39, 0.29) is 39.2 Å². The zero-order valence-corrected chi connectivity index (χ0v) is 38.6. The van der Waals surface area contributed by atoms with Gasteiger partial charge in [0.25, 0.3) is 0 Å². The quantitative estimate of drug-likeness (QED) is 0.179. The van der Waals surface area contributed by atoms with Crippen LogP contribution in [-0.4, -0.2) is 52.5 Å². The molecule has 8 atom stereocenters. The maximum absolute atomic E-state index is 11.6. The second kappa shape index (κ2) is 15.6. The fraction of sp³-hybridized carbons (Fsp3) is 0.688. The number of aliphatic hydroxyl groups excluding tert-OH is 1. The van der Waals surface area contributed by atoms with Gasteiger partial charge >= 0.3 is 0 Å². The van der Waals surface area contributed by atoms with E-state index in [1.54, 1.807) is 5.57 Å². The van der Waals surface area contributed by atoms with Crippen LogP contribution in [-0.2, 0) is 13.6 Å². The summed E-state index contributed by atoms with van der Waals surface area (Å²) in [6.07, 6.45) is 18.7. The Kier molecular flexibility index (Phi) is 12.1. The van der Waals surface area contributed by atoms with E-state index in [9.17, 15) is 5.11 Å². The Morgan fingerprint density at radius 1 is 0.927 bits per heavy atom. The number of fused-ring (bicyclic) bond motifs is 1. The Bertz CT molecular complexity index is 1670. The number of benzene rings is 1. The van der Waals surface area contributed by atoms with Gasteiger partial charge < -0.3 is 18.7 Å². The van der Waals surface area contributed by atoms with Crippen molar-refractivity contribution in [3.05, 3.63) is 83.5 Å². The lowest BCUT2D eigenvalue weighted by Crippen LogP contribution is -2.49. The molecule has 1 unspecified atom stereocenters. The summed E-state index contributed by atoms with van der Waals surface area (Å²) in [5.74, 6) is 2.32. The molecule has 55 heavy (non-hydrogen) atoms. The third-order valence-electron chi connectivity index (χ3n) is 15.6. The Hall–Kier alpha value is -2.04. The summed E-state index contributed by atoms with van der Waals surface area (Å²) in [4.78, 5) is 4.81. The van der Waals surface area contributed by atoms with Gasteiger partial charge in [0, 0.05) is 6.42 Å². The first-order valence-corrected chi connectivity index (χ1v) is 27.5. The van der Waals surface area contributed by atoms with Crippen LogP contribution in [0.1, 0.15) is 125 Å². The summed E-state index contributed by atoms with van der Waals surface area (Å²) < 4.78 is 20.6. The monoisotopic (exact) mass is 786 g/mol. The predicted molar refractivity (Wildman–Crippen MR) is 235 cm³/mol. The average molecular weight is 786 g/mol. The molecule has 0 saturated heterocycles. The molecule has 5 aliphatic rings. The van der Waals surface area contributed by atoms with E-state index >= 15 is 0 Å². The van der Waals surface area contributed by atoms with Crippen molar-refractivity contribution in [1.29, 1.82) is 0 Å². The Balaban J connectivity index is 1.16. The SMILES string of the molecule is C=C1C(=CC=C2CCC[C@]3(C)[C@@H]([C@H](C)C=C[C@H](O)C4(C5=NCC(c6ccccc6)O5)CC4)CC[C@@H]23)C[C@@H](O[Si](C)(C)C(C)(C)C)C[C@@H]1O[Si](C)(C)C(C)(C)C. The molecule has 0 spiro atoms. The van der Waals surface area contributed by atoms with Crippen molar-refractivity contribution in [2.24, 2.45) is 33.6 Å². The summed E-state index contributed by atoms with van der Waals surface area (Å²) in [5, 5.41) is 11.8. The molecule has 5 nitrogen and oxygen atoms in total. The summed E-state index contributed by atoms with van der Waals surface area (Å²) in [7, 11) is -3.98. The minimum Gasteiger partial charge on any atom is -0.470 e. The number of nitrogens with zero attached hydrogens (tertiary/aromatic N) is 1. The molecular formula is C48H75NO4Si2. The molecule has 1 aromatic carbocycles. The van der Waals surface area contributed by atoms with Crippen LogP contribution in [0.5, 0.6) is 0 Å². The minimum atomic E-state index is -2.01. The number of rotatable bonds is 11. The van der Waals surface area contributed by atoms with Gasteiger partial charge in [0.2, 0.25) is 0 Å². The predicted octanol–water partition coefficient (Wildman–Crippen LogP) is 12.7. The van der Waals surface area contributed by atoms with Crippen LogP contribution in [0.3, 0.4) is 0 Å². The van der Waals surface area contributed by atoms with Gasteiger partial charge in [-0.25, -0.2) is 0 Å². The first kappa shape index (κ1) is 42.6. The molecule has 0 amide bonds. The lowest BCUT2D eigenvalue weighted by Gasteiger charge is -2.45. The van der Waals surface area contributed by atoms with Crippen LogP contribution in [0.4, 0.5) is 0 Å². The van der Waals surface area contributed by atoms with Gasteiger partial charge in [0.1, 0.15) is 6.10 Å². The Morgan fingerprint density at radius 2 is 1.58 bits per heavy atom. The molecule has 4 saturated carbocycles. The van der Waals surface area contributed by atoms with E-state index < -0.39 is 22.7 Å².